The fraction of sp³-hybridized carbons (Fsp3) is 0.0909. The molecule has 0 amide bonds. The fourth-order valence-corrected chi connectivity index (χ4v) is 1.59. The lowest BCUT2D eigenvalue weighted by Crippen LogP contribution is -2.10. The summed E-state index contributed by atoms with van der Waals surface area (Å²) in [6.07, 6.45) is 1.54. The Morgan fingerprint density at radius 3 is 2.67 bits per heavy atom. The van der Waals surface area contributed by atoms with Crippen LogP contribution >= 0.6 is 0 Å². The Bertz CT molecular complexity index is 539. The zero-order valence-electron chi connectivity index (χ0n) is 9.42. The summed E-state index contributed by atoms with van der Waals surface area (Å²) in [5.74, 6) is 5.94. The molecule has 2 rings (SSSR count). The maximum absolute atomic E-state index is 11.0. The van der Waals surface area contributed by atoms with Gasteiger partial charge in [-0.15, -0.1) is 0 Å². The van der Waals surface area contributed by atoms with Gasteiger partial charge in [-0.05, 0) is 24.3 Å². The monoisotopic (exact) mass is 248 g/mol. The fourth-order valence-electron chi connectivity index (χ4n) is 1.59. The summed E-state index contributed by atoms with van der Waals surface area (Å²) >= 11 is 0. The number of hydrogen-bond acceptors (Lipinski definition) is 6. The van der Waals surface area contributed by atoms with E-state index in [4.69, 9.17) is 10.3 Å². The Morgan fingerprint density at radius 2 is 2.06 bits per heavy atom. The minimum Gasteiger partial charge on any atom is -0.467 e. The average molecular weight is 248 g/mol. The number of nitro groups is 1. The summed E-state index contributed by atoms with van der Waals surface area (Å²) in [6.45, 7) is 0.363. The van der Waals surface area contributed by atoms with Gasteiger partial charge in [-0.25, -0.2) is 0 Å². The van der Waals surface area contributed by atoms with Gasteiger partial charge < -0.3 is 15.2 Å². The molecule has 0 saturated carbocycles. The van der Waals surface area contributed by atoms with Crippen LogP contribution in [-0.2, 0) is 6.54 Å². The van der Waals surface area contributed by atoms with Crippen molar-refractivity contribution in [3.63, 3.8) is 0 Å². The minimum absolute atomic E-state index is 0.0912. The van der Waals surface area contributed by atoms with Gasteiger partial charge in [-0.3, -0.25) is 16.0 Å². The zero-order chi connectivity index (χ0) is 13.0. The molecule has 18 heavy (non-hydrogen) atoms. The lowest BCUT2D eigenvalue weighted by atomic mass is 10.2. The second-order valence-corrected chi connectivity index (χ2v) is 3.54. The number of hydrazine groups is 1. The molecule has 4 N–H and O–H groups in total. The van der Waals surface area contributed by atoms with E-state index in [9.17, 15) is 10.1 Å². The van der Waals surface area contributed by atoms with Crippen LogP contribution in [0.25, 0.3) is 0 Å². The highest BCUT2D eigenvalue weighted by Crippen LogP contribution is 2.32. The van der Waals surface area contributed by atoms with E-state index in [0.717, 1.165) is 0 Å². The van der Waals surface area contributed by atoms with E-state index >= 15 is 0 Å². The molecule has 94 valence electrons. The Hall–Kier alpha value is -2.54. The number of para-hydroxylation sites is 1. The van der Waals surface area contributed by atoms with Crippen LogP contribution in [-0.4, -0.2) is 4.92 Å². The first-order valence-corrected chi connectivity index (χ1v) is 5.22. The highest BCUT2D eigenvalue weighted by atomic mass is 16.6. The lowest BCUT2D eigenvalue weighted by molar-refractivity contribution is -0.383. The molecule has 0 unspecified atom stereocenters. The van der Waals surface area contributed by atoms with Crippen molar-refractivity contribution in [3.8, 4) is 0 Å². The Balaban J connectivity index is 2.24. The van der Waals surface area contributed by atoms with Crippen molar-refractivity contribution in [2.24, 2.45) is 5.84 Å². The van der Waals surface area contributed by atoms with Crippen LogP contribution in [0.4, 0.5) is 17.1 Å². The van der Waals surface area contributed by atoms with Crippen LogP contribution < -0.4 is 16.6 Å². The van der Waals surface area contributed by atoms with Crippen LogP contribution in [0.5, 0.6) is 0 Å². The number of nitrogens with zero attached hydrogens (tertiary/aromatic N) is 1. The lowest BCUT2D eigenvalue weighted by Gasteiger charge is -2.08. The molecule has 0 saturated heterocycles. The summed E-state index contributed by atoms with van der Waals surface area (Å²) in [5.41, 5.74) is 2.85. The van der Waals surface area contributed by atoms with Crippen molar-refractivity contribution >= 4 is 17.1 Å². The van der Waals surface area contributed by atoms with Gasteiger partial charge in [0.2, 0.25) is 0 Å². The normalized spacial score (nSPS) is 10.1. The van der Waals surface area contributed by atoms with Gasteiger partial charge in [0.15, 0.2) is 0 Å². The van der Waals surface area contributed by atoms with Crippen molar-refractivity contribution in [1.29, 1.82) is 0 Å². The summed E-state index contributed by atoms with van der Waals surface area (Å²) in [7, 11) is 0. The van der Waals surface area contributed by atoms with Crippen LogP contribution in [0.2, 0.25) is 0 Å². The predicted octanol–water partition coefficient (Wildman–Crippen LogP) is 2.09. The highest BCUT2D eigenvalue weighted by Gasteiger charge is 2.18. The summed E-state index contributed by atoms with van der Waals surface area (Å²) in [5, 5.41) is 14.0. The Kier molecular flexibility index (Phi) is 3.44. The standard InChI is InChI=1S/C11H12N4O3/c12-14-10-5-1-4-9(11(10)15(16)17)13-7-8-3-2-6-18-8/h1-6,13-14H,7,12H2. The number of nitrogen functional groups attached to an aromatic ring is 1. The van der Waals surface area contributed by atoms with Crippen molar-refractivity contribution in [3.05, 3.63) is 52.5 Å². The van der Waals surface area contributed by atoms with Gasteiger partial charge >= 0.3 is 5.69 Å². The van der Waals surface area contributed by atoms with Gasteiger partial charge in [0.1, 0.15) is 17.1 Å². The third-order valence-electron chi connectivity index (χ3n) is 2.41. The molecule has 0 bridgehead atoms. The van der Waals surface area contributed by atoms with Crippen LogP contribution in [0.15, 0.2) is 41.0 Å². The molecule has 1 heterocycles. The van der Waals surface area contributed by atoms with Gasteiger partial charge in [0, 0.05) is 0 Å². The molecule has 2 aromatic rings. The molecule has 0 aliphatic rings. The summed E-state index contributed by atoms with van der Waals surface area (Å²) < 4.78 is 5.14. The number of nitrogens with two attached hydrogens (primary N) is 1. The number of nitro benzene ring substituents is 1. The number of rotatable bonds is 5. The topological polar surface area (TPSA) is 106 Å². The minimum atomic E-state index is -0.486. The Morgan fingerprint density at radius 1 is 1.28 bits per heavy atom. The number of nitrogens with one attached hydrogen (secondary N) is 2. The molecule has 0 aliphatic heterocycles. The quantitative estimate of drug-likeness (QED) is 0.425. The van der Waals surface area contributed by atoms with Gasteiger partial charge in [0.05, 0.1) is 17.7 Å². The molecule has 0 radical (unpaired) electrons. The SMILES string of the molecule is NNc1cccc(NCc2ccco2)c1[N+](=O)[O-]. The van der Waals surface area contributed by atoms with E-state index in [0.29, 0.717) is 18.0 Å². The molecule has 1 aromatic carbocycles. The van der Waals surface area contributed by atoms with E-state index in [1.165, 1.54) is 6.07 Å². The van der Waals surface area contributed by atoms with E-state index in [-0.39, 0.29) is 11.4 Å². The van der Waals surface area contributed by atoms with Gasteiger partial charge in [0.25, 0.3) is 0 Å². The second kappa shape index (κ2) is 5.19. The third-order valence-corrected chi connectivity index (χ3v) is 2.41. The molecule has 1 aromatic heterocycles. The van der Waals surface area contributed by atoms with Crippen LogP contribution in [0, 0.1) is 10.1 Å². The van der Waals surface area contributed by atoms with Crippen molar-refractivity contribution < 1.29 is 9.34 Å². The predicted molar refractivity (Wildman–Crippen MR) is 66.9 cm³/mol. The highest BCUT2D eigenvalue weighted by molar-refractivity contribution is 5.75. The summed E-state index contributed by atoms with van der Waals surface area (Å²) in [6, 6.07) is 8.36. The van der Waals surface area contributed by atoms with Gasteiger partial charge in [-0.2, -0.15) is 0 Å². The number of anilines is 2. The molecular weight excluding hydrogens is 236 g/mol. The molecular formula is C11H12N4O3. The van der Waals surface area contributed by atoms with Crippen LogP contribution in [0.3, 0.4) is 0 Å². The van der Waals surface area contributed by atoms with Crippen LogP contribution in [0.1, 0.15) is 5.76 Å². The number of furan rings is 1. The number of hydrogen-bond donors (Lipinski definition) is 3. The first kappa shape index (κ1) is 11.9. The molecule has 7 heteroatoms. The maximum atomic E-state index is 11.0. The summed E-state index contributed by atoms with van der Waals surface area (Å²) in [4.78, 5) is 10.5. The van der Waals surface area contributed by atoms with Gasteiger partial charge in [-0.1, -0.05) is 6.07 Å². The second-order valence-electron chi connectivity index (χ2n) is 3.54. The zero-order valence-corrected chi connectivity index (χ0v) is 9.42. The molecule has 0 spiro atoms. The third kappa shape index (κ3) is 2.41. The van der Waals surface area contributed by atoms with E-state index in [1.54, 1.807) is 30.5 Å². The first-order chi connectivity index (χ1) is 8.72. The first-order valence-electron chi connectivity index (χ1n) is 5.22. The van der Waals surface area contributed by atoms with Crippen molar-refractivity contribution in [1.82, 2.24) is 0 Å². The smallest absolute Gasteiger partial charge is 0.316 e. The average Bonchev–Trinajstić information content (AvgIpc) is 2.88. The molecule has 0 aliphatic carbocycles. The van der Waals surface area contributed by atoms with Crippen molar-refractivity contribution in [2.75, 3.05) is 10.7 Å². The van der Waals surface area contributed by atoms with Crippen molar-refractivity contribution in [2.45, 2.75) is 6.54 Å². The molecule has 7 nitrogen and oxygen atoms in total. The van der Waals surface area contributed by atoms with E-state index < -0.39 is 4.92 Å². The molecule has 0 atom stereocenters. The Labute approximate surface area is 103 Å². The maximum Gasteiger partial charge on any atom is 0.316 e. The van der Waals surface area contributed by atoms with E-state index in [1.807, 2.05) is 0 Å². The number of benzene rings is 1. The molecule has 0 fully saturated rings. The van der Waals surface area contributed by atoms with E-state index in [2.05, 4.69) is 10.7 Å². The largest absolute Gasteiger partial charge is 0.467 e.